The molecule has 0 aliphatic heterocycles. The van der Waals surface area contributed by atoms with E-state index in [0.29, 0.717) is 11.4 Å². The molecule has 1 rings (SSSR count). The van der Waals surface area contributed by atoms with Crippen LogP contribution in [0.25, 0.3) is 0 Å². The Morgan fingerprint density at radius 1 is 1.31 bits per heavy atom. The van der Waals surface area contributed by atoms with Crippen LogP contribution < -0.4 is 5.73 Å². The monoisotopic (exact) mass is 243 g/mol. The van der Waals surface area contributed by atoms with Crippen molar-refractivity contribution < 1.29 is 8.60 Å². The topological polar surface area (TPSA) is 43.1 Å². The molecule has 0 spiro atoms. The second-order valence-electron chi connectivity index (χ2n) is 3.80. The molecule has 2 nitrogen and oxygen atoms in total. The maximum absolute atomic E-state index is 13.4. The predicted octanol–water partition coefficient (Wildman–Crippen LogP) is 3.10. The van der Waals surface area contributed by atoms with Crippen molar-refractivity contribution in [3.05, 3.63) is 24.0 Å². The van der Waals surface area contributed by atoms with Gasteiger partial charge in [-0.05, 0) is 24.6 Å². The molecule has 0 bridgehead atoms. The van der Waals surface area contributed by atoms with Gasteiger partial charge >= 0.3 is 0 Å². The molecule has 1 aromatic carbocycles. The Morgan fingerprint density at radius 2 is 2.06 bits per heavy atom. The summed E-state index contributed by atoms with van der Waals surface area (Å²) in [7, 11) is -1.24. The van der Waals surface area contributed by atoms with Gasteiger partial charge in [-0.2, -0.15) is 0 Å². The Kier molecular flexibility index (Phi) is 5.46. The molecule has 0 amide bonds. The lowest BCUT2D eigenvalue weighted by atomic mass is 10.2. The van der Waals surface area contributed by atoms with E-state index < -0.39 is 16.6 Å². The third-order valence-electron chi connectivity index (χ3n) is 2.38. The Labute approximate surface area is 98.5 Å². The highest BCUT2D eigenvalue weighted by Crippen LogP contribution is 2.16. The van der Waals surface area contributed by atoms with Gasteiger partial charge in [0.1, 0.15) is 5.82 Å². The Hall–Kier alpha value is -0.900. The number of hydrogen-bond donors (Lipinski definition) is 1. The van der Waals surface area contributed by atoms with E-state index in [2.05, 4.69) is 6.92 Å². The van der Waals surface area contributed by atoms with Crippen LogP contribution >= 0.6 is 0 Å². The fourth-order valence-corrected chi connectivity index (χ4v) is 2.65. The summed E-state index contributed by atoms with van der Waals surface area (Å²) >= 11 is 0. The van der Waals surface area contributed by atoms with Gasteiger partial charge in [-0.25, -0.2) is 4.39 Å². The van der Waals surface area contributed by atoms with Crippen molar-refractivity contribution in [2.45, 2.75) is 37.5 Å². The zero-order valence-corrected chi connectivity index (χ0v) is 10.4. The summed E-state index contributed by atoms with van der Waals surface area (Å²) in [5.41, 5.74) is 5.79. The minimum atomic E-state index is -1.24. The summed E-state index contributed by atoms with van der Waals surface area (Å²) in [4.78, 5) is 0.269. The molecule has 0 fully saturated rings. The fourth-order valence-electron chi connectivity index (χ4n) is 1.47. The number of rotatable bonds is 6. The number of anilines is 1. The van der Waals surface area contributed by atoms with Gasteiger partial charge in [0.05, 0.1) is 15.7 Å². The molecule has 0 radical (unpaired) electrons. The lowest BCUT2D eigenvalue weighted by molar-refractivity contribution is 0.595. The summed E-state index contributed by atoms with van der Waals surface area (Å²) in [6.45, 7) is 2.12. The van der Waals surface area contributed by atoms with Crippen LogP contribution in [0.2, 0.25) is 0 Å². The van der Waals surface area contributed by atoms with Crippen LogP contribution in [0.1, 0.15) is 32.6 Å². The molecule has 0 heterocycles. The summed E-state index contributed by atoms with van der Waals surface area (Å²) in [5, 5.41) is 0. The normalized spacial score (nSPS) is 12.6. The second-order valence-corrected chi connectivity index (χ2v) is 5.34. The number of hydrogen-bond acceptors (Lipinski definition) is 2. The van der Waals surface area contributed by atoms with E-state index in [-0.39, 0.29) is 4.90 Å². The maximum Gasteiger partial charge on any atom is 0.141 e. The minimum Gasteiger partial charge on any atom is -0.399 e. The highest BCUT2D eigenvalue weighted by Gasteiger charge is 2.09. The molecule has 0 saturated heterocycles. The van der Waals surface area contributed by atoms with Crippen molar-refractivity contribution in [3.8, 4) is 0 Å². The molecular weight excluding hydrogens is 225 g/mol. The van der Waals surface area contributed by atoms with E-state index >= 15 is 0 Å². The number of nitrogen functional groups attached to an aromatic ring is 1. The third-order valence-corrected chi connectivity index (χ3v) is 3.87. The molecule has 2 N–H and O–H groups in total. The average molecular weight is 243 g/mol. The number of halogens is 1. The zero-order chi connectivity index (χ0) is 12.0. The average Bonchev–Trinajstić information content (AvgIpc) is 2.24. The Bertz CT molecular complexity index is 368. The molecular formula is C12H18FNOS. The summed E-state index contributed by atoms with van der Waals surface area (Å²) in [6.07, 6.45) is 4.22. The van der Waals surface area contributed by atoms with Crippen molar-refractivity contribution in [3.63, 3.8) is 0 Å². The van der Waals surface area contributed by atoms with E-state index in [0.717, 1.165) is 25.7 Å². The SMILES string of the molecule is CCCCCCS(=O)c1ccc(N)cc1F. The highest BCUT2D eigenvalue weighted by molar-refractivity contribution is 7.85. The third kappa shape index (κ3) is 3.93. The van der Waals surface area contributed by atoms with E-state index in [1.54, 1.807) is 6.07 Å². The van der Waals surface area contributed by atoms with Gasteiger partial charge in [-0.3, -0.25) is 4.21 Å². The molecule has 0 saturated carbocycles. The van der Waals surface area contributed by atoms with E-state index in [1.165, 1.54) is 12.1 Å². The van der Waals surface area contributed by atoms with Gasteiger partial charge < -0.3 is 5.73 Å². The summed E-state index contributed by atoms with van der Waals surface area (Å²) < 4.78 is 25.2. The van der Waals surface area contributed by atoms with Crippen molar-refractivity contribution >= 4 is 16.5 Å². The molecule has 0 aliphatic carbocycles. The van der Waals surface area contributed by atoms with E-state index in [9.17, 15) is 8.60 Å². The van der Waals surface area contributed by atoms with Gasteiger partial charge in [-0.15, -0.1) is 0 Å². The molecule has 1 unspecified atom stereocenters. The zero-order valence-electron chi connectivity index (χ0n) is 9.54. The first kappa shape index (κ1) is 13.2. The van der Waals surface area contributed by atoms with Crippen LogP contribution in [0.5, 0.6) is 0 Å². The Balaban J connectivity index is 2.53. The van der Waals surface area contributed by atoms with Crippen molar-refractivity contribution in [1.82, 2.24) is 0 Å². The van der Waals surface area contributed by atoms with Gasteiger partial charge in [0.2, 0.25) is 0 Å². The van der Waals surface area contributed by atoms with E-state index in [1.807, 2.05) is 0 Å². The molecule has 0 aromatic heterocycles. The second kappa shape index (κ2) is 6.63. The molecule has 4 heteroatoms. The lowest BCUT2D eigenvalue weighted by Crippen LogP contribution is -2.01. The van der Waals surface area contributed by atoms with Crippen LogP contribution in [0.4, 0.5) is 10.1 Å². The summed E-state index contributed by atoms with van der Waals surface area (Å²) in [5.74, 6) is 0.0646. The van der Waals surface area contributed by atoms with Gasteiger partial charge in [-0.1, -0.05) is 26.2 Å². The smallest absolute Gasteiger partial charge is 0.141 e. The van der Waals surface area contributed by atoms with Crippen molar-refractivity contribution in [1.29, 1.82) is 0 Å². The van der Waals surface area contributed by atoms with Gasteiger partial charge in [0, 0.05) is 11.4 Å². The van der Waals surface area contributed by atoms with Crippen molar-refractivity contribution in [2.24, 2.45) is 0 Å². The predicted molar refractivity (Wildman–Crippen MR) is 66.2 cm³/mol. The van der Waals surface area contributed by atoms with Gasteiger partial charge in [0.15, 0.2) is 0 Å². The first-order valence-corrected chi connectivity index (χ1v) is 6.90. The van der Waals surface area contributed by atoms with Crippen LogP contribution in [0.3, 0.4) is 0 Å². The van der Waals surface area contributed by atoms with Crippen LogP contribution in [0, 0.1) is 5.82 Å². The largest absolute Gasteiger partial charge is 0.399 e. The number of benzene rings is 1. The highest BCUT2D eigenvalue weighted by atomic mass is 32.2. The molecule has 1 atom stereocenters. The van der Waals surface area contributed by atoms with Crippen LogP contribution in [0.15, 0.2) is 23.1 Å². The first-order chi connectivity index (χ1) is 7.65. The quantitative estimate of drug-likeness (QED) is 0.616. The summed E-state index contributed by atoms with van der Waals surface area (Å²) in [6, 6.07) is 4.32. The minimum absolute atomic E-state index is 0.269. The van der Waals surface area contributed by atoms with Crippen LogP contribution in [-0.2, 0) is 10.8 Å². The molecule has 90 valence electrons. The number of unbranched alkanes of at least 4 members (excludes halogenated alkanes) is 3. The van der Waals surface area contributed by atoms with E-state index in [4.69, 9.17) is 5.73 Å². The molecule has 1 aromatic rings. The number of nitrogens with two attached hydrogens (primary N) is 1. The molecule has 0 aliphatic rings. The standard InChI is InChI=1S/C12H18FNOS/c1-2-3-4-5-8-16(15)12-7-6-10(14)9-11(12)13/h6-7,9H,2-5,8,14H2,1H3. The first-order valence-electron chi connectivity index (χ1n) is 5.58. The van der Waals surface area contributed by atoms with Crippen molar-refractivity contribution in [2.75, 3.05) is 11.5 Å². The maximum atomic E-state index is 13.4. The van der Waals surface area contributed by atoms with Crippen LogP contribution in [-0.4, -0.2) is 9.96 Å². The Morgan fingerprint density at radius 3 is 2.69 bits per heavy atom. The fraction of sp³-hybridized carbons (Fsp3) is 0.500. The lowest BCUT2D eigenvalue weighted by Gasteiger charge is -2.04. The molecule has 16 heavy (non-hydrogen) atoms. The van der Waals surface area contributed by atoms with Gasteiger partial charge in [0.25, 0.3) is 0 Å².